The maximum atomic E-state index is 5.70. The molecule has 1 aromatic carbocycles. The minimum absolute atomic E-state index is 0.631. The van der Waals surface area contributed by atoms with Crippen molar-refractivity contribution in [2.75, 3.05) is 13.7 Å². The van der Waals surface area contributed by atoms with Crippen molar-refractivity contribution in [1.82, 2.24) is 5.32 Å². The number of rotatable bonds is 9. The average molecular weight is 249 g/mol. The van der Waals surface area contributed by atoms with Crippen LogP contribution in [0.25, 0.3) is 0 Å². The fourth-order valence-electron chi connectivity index (χ4n) is 2.00. The van der Waals surface area contributed by atoms with Crippen molar-refractivity contribution in [2.24, 2.45) is 5.92 Å². The molecule has 2 heteroatoms. The molecule has 0 saturated carbocycles. The van der Waals surface area contributed by atoms with Crippen molar-refractivity contribution in [3.05, 3.63) is 30.3 Å². The minimum Gasteiger partial charge on any atom is -0.494 e. The number of benzene rings is 1. The standard InChI is InChI=1S/C16H27NO/c1-14(2)11-12-15(17-3)8-7-13-18-16-9-5-4-6-10-16/h4-6,9-10,14-15,17H,7-8,11-13H2,1-3H3. The Morgan fingerprint density at radius 2 is 1.78 bits per heavy atom. The maximum absolute atomic E-state index is 5.70. The van der Waals surface area contributed by atoms with Crippen molar-refractivity contribution in [3.63, 3.8) is 0 Å². The van der Waals surface area contributed by atoms with Crippen molar-refractivity contribution in [1.29, 1.82) is 0 Å². The zero-order valence-corrected chi connectivity index (χ0v) is 12.0. The van der Waals surface area contributed by atoms with E-state index < -0.39 is 0 Å². The first-order chi connectivity index (χ1) is 8.72. The van der Waals surface area contributed by atoms with Gasteiger partial charge in [-0.3, -0.25) is 0 Å². The van der Waals surface area contributed by atoms with Crippen LogP contribution < -0.4 is 10.1 Å². The van der Waals surface area contributed by atoms with E-state index in [1.807, 2.05) is 30.3 Å². The van der Waals surface area contributed by atoms with Crippen molar-refractivity contribution < 1.29 is 4.74 Å². The van der Waals surface area contributed by atoms with Gasteiger partial charge in [0.25, 0.3) is 0 Å². The average Bonchev–Trinajstić information content (AvgIpc) is 2.39. The molecule has 102 valence electrons. The Balaban J connectivity index is 2.12. The number of hydrogen-bond donors (Lipinski definition) is 1. The third-order valence-electron chi connectivity index (χ3n) is 3.21. The van der Waals surface area contributed by atoms with Gasteiger partial charge in [0.1, 0.15) is 5.75 Å². The van der Waals surface area contributed by atoms with Crippen molar-refractivity contribution in [3.8, 4) is 5.75 Å². The second-order valence-electron chi connectivity index (χ2n) is 5.26. The Labute approximate surface area is 112 Å². The lowest BCUT2D eigenvalue weighted by atomic mass is 10.0. The molecule has 0 aliphatic rings. The highest BCUT2D eigenvalue weighted by atomic mass is 16.5. The summed E-state index contributed by atoms with van der Waals surface area (Å²) in [4.78, 5) is 0. The molecule has 2 nitrogen and oxygen atoms in total. The lowest BCUT2D eigenvalue weighted by Crippen LogP contribution is -2.26. The Morgan fingerprint density at radius 3 is 2.39 bits per heavy atom. The van der Waals surface area contributed by atoms with Gasteiger partial charge < -0.3 is 10.1 Å². The van der Waals surface area contributed by atoms with Crippen LogP contribution >= 0.6 is 0 Å². The van der Waals surface area contributed by atoms with E-state index >= 15 is 0 Å². The molecule has 1 rings (SSSR count). The highest BCUT2D eigenvalue weighted by molar-refractivity contribution is 5.20. The van der Waals surface area contributed by atoms with E-state index in [9.17, 15) is 0 Å². The van der Waals surface area contributed by atoms with Crippen LogP contribution in [-0.4, -0.2) is 19.7 Å². The zero-order valence-electron chi connectivity index (χ0n) is 12.0. The predicted molar refractivity (Wildman–Crippen MR) is 78.1 cm³/mol. The SMILES string of the molecule is CNC(CCCOc1ccccc1)CCC(C)C. The zero-order chi connectivity index (χ0) is 13.2. The first-order valence-corrected chi connectivity index (χ1v) is 7.07. The van der Waals surface area contributed by atoms with Crippen molar-refractivity contribution >= 4 is 0 Å². The third kappa shape index (κ3) is 6.65. The van der Waals surface area contributed by atoms with E-state index in [-0.39, 0.29) is 0 Å². The smallest absolute Gasteiger partial charge is 0.119 e. The molecular weight excluding hydrogens is 222 g/mol. The Bertz CT molecular complexity index is 297. The van der Waals surface area contributed by atoms with Gasteiger partial charge in [-0.05, 0) is 50.8 Å². The summed E-state index contributed by atoms with van der Waals surface area (Å²) in [6.45, 7) is 5.38. The van der Waals surface area contributed by atoms with Crippen LogP contribution in [0.1, 0.15) is 39.5 Å². The number of hydrogen-bond acceptors (Lipinski definition) is 2. The van der Waals surface area contributed by atoms with Gasteiger partial charge in [-0.1, -0.05) is 32.0 Å². The van der Waals surface area contributed by atoms with Crippen LogP contribution in [-0.2, 0) is 0 Å². The van der Waals surface area contributed by atoms with E-state index in [0.717, 1.165) is 24.7 Å². The minimum atomic E-state index is 0.631. The summed E-state index contributed by atoms with van der Waals surface area (Å²) in [5, 5.41) is 3.40. The topological polar surface area (TPSA) is 21.3 Å². The van der Waals surface area contributed by atoms with Crippen LogP contribution in [0.2, 0.25) is 0 Å². The largest absolute Gasteiger partial charge is 0.494 e. The van der Waals surface area contributed by atoms with E-state index in [4.69, 9.17) is 4.74 Å². The third-order valence-corrected chi connectivity index (χ3v) is 3.21. The molecule has 0 fully saturated rings. The van der Waals surface area contributed by atoms with E-state index in [1.54, 1.807) is 0 Å². The molecule has 0 saturated heterocycles. The summed E-state index contributed by atoms with van der Waals surface area (Å²) in [5.74, 6) is 1.77. The van der Waals surface area contributed by atoms with Crippen molar-refractivity contribution in [2.45, 2.75) is 45.6 Å². The monoisotopic (exact) mass is 249 g/mol. The highest BCUT2D eigenvalue weighted by Crippen LogP contribution is 2.12. The lowest BCUT2D eigenvalue weighted by Gasteiger charge is -2.17. The van der Waals surface area contributed by atoms with Gasteiger partial charge in [0, 0.05) is 6.04 Å². The molecule has 1 N–H and O–H groups in total. The lowest BCUT2D eigenvalue weighted by molar-refractivity contribution is 0.293. The normalized spacial score (nSPS) is 12.7. The summed E-state index contributed by atoms with van der Waals surface area (Å²) in [7, 11) is 2.06. The van der Waals surface area contributed by atoms with Gasteiger partial charge in [-0.25, -0.2) is 0 Å². The molecule has 1 atom stereocenters. The molecule has 0 radical (unpaired) electrons. The quantitative estimate of drug-likeness (QED) is 0.671. The Morgan fingerprint density at radius 1 is 1.06 bits per heavy atom. The summed E-state index contributed by atoms with van der Waals surface area (Å²) in [6, 6.07) is 10.7. The molecule has 0 amide bonds. The first-order valence-electron chi connectivity index (χ1n) is 7.07. The molecule has 0 bridgehead atoms. The molecule has 0 aromatic heterocycles. The summed E-state index contributed by atoms with van der Waals surface area (Å²) >= 11 is 0. The summed E-state index contributed by atoms with van der Waals surface area (Å²) in [6.07, 6.45) is 4.86. The van der Waals surface area contributed by atoms with Crippen LogP contribution in [0.15, 0.2) is 30.3 Å². The van der Waals surface area contributed by atoms with E-state index in [0.29, 0.717) is 6.04 Å². The van der Waals surface area contributed by atoms with Gasteiger partial charge in [0.15, 0.2) is 0 Å². The second kappa shape index (κ2) is 8.98. The molecule has 0 heterocycles. The van der Waals surface area contributed by atoms with E-state index in [1.165, 1.54) is 19.3 Å². The van der Waals surface area contributed by atoms with Gasteiger partial charge in [-0.15, -0.1) is 0 Å². The van der Waals surface area contributed by atoms with E-state index in [2.05, 4.69) is 26.2 Å². The van der Waals surface area contributed by atoms with Crippen LogP contribution in [0.3, 0.4) is 0 Å². The molecule has 0 aliphatic heterocycles. The first kappa shape index (κ1) is 15.0. The number of nitrogens with one attached hydrogen (secondary N) is 1. The fourth-order valence-corrected chi connectivity index (χ4v) is 2.00. The summed E-state index contributed by atoms with van der Waals surface area (Å²) < 4.78 is 5.70. The predicted octanol–water partition coefficient (Wildman–Crippen LogP) is 3.87. The van der Waals surface area contributed by atoms with Crippen LogP contribution in [0.4, 0.5) is 0 Å². The molecule has 0 aliphatic carbocycles. The Kier molecular flexibility index (Phi) is 7.51. The molecule has 0 spiro atoms. The second-order valence-corrected chi connectivity index (χ2v) is 5.26. The van der Waals surface area contributed by atoms with Gasteiger partial charge >= 0.3 is 0 Å². The maximum Gasteiger partial charge on any atom is 0.119 e. The van der Waals surface area contributed by atoms with Crippen LogP contribution in [0, 0.1) is 5.92 Å². The molecular formula is C16H27NO. The molecule has 18 heavy (non-hydrogen) atoms. The van der Waals surface area contributed by atoms with Gasteiger partial charge in [0.2, 0.25) is 0 Å². The number of para-hydroxylation sites is 1. The Hall–Kier alpha value is -1.02. The summed E-state index contributed by atoms with van der Waals surface area (Å²) in [5.41, 5.74) is 0. The van der Waals surface area contributed by atoms with Gasteiger partial charge in [-0.2, -0.15) is 0 Å². The van der Waals surface area contributed by atoms with Gasteiger partial charge in [0.05, 0.1) is 6.61 Å². The molecule has 1 aromatic rings. The fraction of sp³-hybridized carbons (Fsp3) is 0.625. The number of ether oxygens (including phenoxy) is 1. The molecule has 1 unspecified atom stereocenters. The van der Waals surface area contributed by atoms with Crippen LogP contribution in [0.5, 0.6) is 5.75 Å². The highest BCUT2D eigenvalue weighted by Gasteiger charge is 2.06.